The fourth-order valence-electron chi connectivity index (χ4n) is 0.912. The van der Waals surface area contributed by atoms with Crippen molar-refractivity contribution in [2.75, 3.05) is 0 Å². The molecule has 0 bridgehead atoms. The second-order valence-electron chi connectivity index (χ2n) is 2.50. The average Bonchev–Trinajstić information content (AvgIpc) is 2.07. The first-order chi connectivity index (χ1) is 6.43. The van der Waals surface area contributed by atoms with E-state index in [0.29, 0.717) is 0 Å². The van der Waals surface area contributed by atoms with E-state index in [0.717, 1.165) is 20.1 Å². The molecule has 1 rings (SSSR count). The van der Waals surface area contributed by atoms with Gasteiger partial charge in [-0.05, 0) is 12.1 Å². The first-order valence-corrected chi connectivity index (χ1v) is 6.81. The lowest BCUT2D eigenvalue weighted by molar-refractivity contribution is 1.24. The van der Waals surface area contributed by atoms with Crippen molar-refractivity contribution >= 4 is 78.3 Å². The molecule has 0 aliphatic carbocycles. The molecule has 0 atom stereocenters. The lowest BCUT2D eigenvalue weighted by Gasteiger charge is -2.11. The SMILES string of the molecule is ClC(Cl)c1cc(Br)c(C(Cl)Cl)cc1Br. The number of hydrogen-bond donors (Lipinski definition) is 0. The zero-order chi connectivity index (χ0) is 10.9. The third-order valence-electron chi connectivity index (χ3n) is 1.59. The maximum atomic E-state index is 5.76. The molecule has 0 nitrogen and oxygen atoms in total. The third kappa shape index (κ3) is 3.16. The van der Waals surface area contributed by atoms with Gasteiger partial charge in [-0.15, -0.1) is 46.4 Å². The molecule has 1 aromatic rings. The molecular weight excluding hydrogens is 398 g/mol. The summed E-state index contributed by atoms with van der Waals surface area (Å²) in [4.78, 5) is -1.17. The Hall–Kier alpha value is 1.34. The van der Waals surface area contributed by atoms with Crippen molar-refractivity contribution < 1.29 is 0 Å². The summed E-state index contributed by atoms with van der Waals surface area (Å²) in [5, 5.41) is 0. The minimum absolute atomic E-state index is 0.584. The van der Waals surface area contributed by atoms with Crippen LogP contribution in [0.1, 0.15) is 20.8 Å². The van der Waals surface area contributed by atoms with Crippen molar-refractivity contribution in [3.8, 4) is 0 Å². The van der Waals surface area contributed by atoms with Gasteiger partial charge >= 0.3 is 0 Å². The average molecular weight is 402 g/mol. The molecule has 78 valence electrons. The van der Waals surface area contributed by atoms with Crippen molar-refractivity contribution in [2.24, 2.45) is 0 Å². The Morgan fingerprint density at radius 1 is 0.786 bits per heavy atom. The first kappa shape index (κ1) is 13.4. The molecule has 0 saturated heterocycles. The zero-order valence-electron chi connectivity index (χ0n) is 6.58. The molecule has 0 heterocycles. The normalized spacial score (nSPS) is 11.4. The van der Waals surface area contributed by atoms with Crippen LogP contribution in [0.15, 0.2) is 21.1 Å². The van der Waals surface area contributed by atoms with Gasteiger partial charge in [0.25, 0.3) is 0 Å². The highest BCUT2D eigenvalue weighted by molar-refractivity contribution is 9.11. The van der Waals surface area contributed by atoms with Crippen LogP contribution in [-0.2, 0) is 0 Å². The summed E-state index contributed by atoms with van der Waals surface area (Å²) in [6, 6.07) is 3.59. The van der Waals surface area contributed by atoms with Gasteiger partial charge in [0.15, 0.2) is 0 Å². The molecule has 0 saturated carbocycles. The highest BCUT2D eigenvalue weighted by Crippen LogP contribution is 2.39. The summed E-state index contributed by atoms with van der Waals surface area (Å²) < 4.78 is 1.58. The number of rotatable bonds is 2. The van der Waals surface area contributed by atoms with Gasteiger partial charge in [0, 0.05) is 20.1 Å². The predicted molar refractivity (Wildman–Crippen MR) is 70.7 cm³/mol. The molecule has 0 aromatic heterocycles. The van der Waals surface area contributed by atoms with Crippen molar-refractivity contribution in [2.45, 2.75) is 9.67 Å². The van der Waals surface area contributed by atoms with Gasteiger partial charge in [-0.1, -0.05) is 31.9 Å². The summed E-state index contributed by atoms with van der Waals surface area (Å²) in [7, 11) is 0. The van der Waals surface area contributed by atoms with Crippen LogP contribution in [0.2, 0.25) is 0 Å². The highest BCUT2D eigenvalue weighted by Gasteiger charge is 2.15. The van der Waals surface area contributed by atoms with Gasteiger partial charge in [-0.2, -0.15) is 0 Å². The number of hydrogen-bond acceptors (Lipinski definition) is 0. The minimum Gasteiger partial charge on any atom is -0.100 e. The summed E-state index contributed by atoms with van der Waals surface area (Å²) >= 11 is 29.7. The lowest BCUT2D eigenvalue weighted by atomic mass is 10.2. The zero-order valence-corrected chi connectivity index (χ0v) is 12.8. The van der Waals surface area contributed by atoms with Crippen molar-refractivity contribution in [1.82, 2.24) is 0 Å². The lowest BCUT2D eigenvalue weighted by Crippen LogP contribution is -1.90. The monoisotopic (exact) mass is 398 g/mol. The van der Waals surface area contributed by atoms with Gasteiger partial charge in [0.05, 0.1) is 0 Å². The van der Waals surface area contributed by atoms with E-state index in [2.05, 4.69) is 31.9 Å². The van der Waals surface area contributed by atoms with Gasteiger partial charge in [0.1, 0.15) is 9.67 Å². The highest BCUT2D eigenvalue weighted by atomic mass is 79.9. The predicted octanol–water partition coefficient (Wildman–Crippen LogP) is 6.16. The second kappa shape index (κ2) is 5.60. The Bertz CT molecular complexity index is 305. The van der Waals surface area contributed by atoms with E-state index in [9.17, 15) is 0 Å². The van der Waals surface area contributed by atoms with Crippen LogP contribution in [0.4, 0.5) is 0 Å². The van der Waals surface area contributed by atoms with Gasteiger partial charge in [-0.3, -0.25) is 0 Å². The topological polar surface area (TPSA) is 0 Å². The summed E-state index contributed by atoms with van der Waals surface area (Å²) in [5.74, 6) is 0. The summed E-state index contributed by atoms with van der Waals surface area (Å²) in [6.07, 6.45) is 0. The Kier molecular flexibility index (Phi) is 5.37. The number of benzene rings is 1. The summed E-state index contributed by atoms with van der Waals surface area (Å²) in [6.45, 7) is 0. The Labute approximate surface area is 119 Å². The van der Waals surface area contributed by atoms with Crippen LogP contribution < -0.4 is 0 Å². The maximum absolute atomic E-state index is 5.76. The largest absolute Gasteiger partial charge is 0.133 e. The van der Waals surface area contributed by atoms with Crippen LogP contribution >= 0.6 is 78.3 Å². The molecular formula is C8H4Br2Cl4. The Morgan fingerprint density at radius 3 is 1.29 bits per heavy atom. The fourth-order valence-corrected chi connectivity index (χ4v) is 3.34. The molecule has 1 aromatic carbocycles. The van der Waals surface area contributed by atoms with Crippen LogP contribution in [0.25, 0.3) is 0 Å². The molecule has 0 fully saturated rings. The Balaban J connectivity index is 3.24. The van der Waals surface area contributed by atoms with Crippen molar-refractivity contribution in [3.05, 3.63) is 32.2 Å². The van der Waals surface area contributed by atoms with E-state index < -0.39 is 9.67 Å². The molecule has 0 aliphatic rings. The minimum atomic E-state index is -0.584. The van der Waals surface area contributed by atoms with Crippen LogP contribution in [0.5, 0.6) is 0 Å². The van der Waals surface area contributed by atoms with Crippen LogP contribution in [-0.4, -0.2) is 0 Å². The van der Waals surface area contributed by atoms with E-state index in [1.807, 2.05) is 0 Å². The molecule has 0 unspecified atom stereocenters. The molecule has 0 N–H and O–H groups in total. The molecule has 0 aliphatic heterocycles. The van der Waals surface area contributed by atoms with Crippen molar-refractivity contribution in [1.29, 1.82) is 0 Å². The molecule has 6 heteroatoms. The standard InChI is InChI=1S/C8H4Br2Cl4/c9-5-1-3(7(11)12)6(10)2-4(5)8(13)14/h1-2,7-8H. The quantitative estimate of drug-likeness (QED) is 0.520. The molecule has 0 amide bonds. The fraction of sp³-hybridized carbons (Fsp3) is 0.250. The van der Waals surface area contributed by atoms with Gasteiger partial charge in [-0.25, -0.2) is 0 Å². The molecule has 14 heavy (non-hydrogen) atoms. The van der Waals surface area contributed by atoms with E-state index in [-0.39, 0.29) is 0 Å². The third-order valence-corrected chi connectivity index (χ3v) is 3.90. The van der Waals surface area contributed by atoms with Crippen LogP contribution in [0, 0.1) is 0 Å². The van der Waals surface area contributed by atoms with Crippen molar-refractivity contribution in [3.63, 3.8) is 0 Å². The smallest absolute Gasteiger partial charge is 0.100 e. The molecule has 0 radical (unpaired) electrons. The maximum Gasteiger partial charge on any atom is 0.133 e. The van der Waals surface area contributed by atoms with Gasteiger partial charge < -0.3 is 0 Å². The molecule has 0 spiro atoms. The summed E-state index contributed by atoms with van der Waals surface area (Å²) in [5.41, 5.74) is 1.55. The first-order valence-electron chi connectivity index (χ1n) is 3.48. The number of alkyl halides is 4. The van der Waals surface area contributed by atoms with Gasteiger partial charge in [0.2, 0.25) is 0 Å². The number of halogens is 6. The van der Waals surface area contributed by atoms with E-state index in [1.54, 1.807) is 12.1 Å². The van der Waals surface area contributed by atoms with E-state index in [1.165, 1.54) is 0 Å². The second-order valence-corrected chi connectivity index (χ2v) is 6.40. The van der Waals surface area contributed by atoms with E-state index >= 15 is 0 Å². The van der Waals surface area contributed by atoms with Crippen LogP contribution in [0.3, 0.4) is 0 Å². The Morgan fingerprint density at radius 2 is 1.07 bits per heavy atom. The van der Waals surface area contributed by atoms with E-state index in [4.69, 9.17) is 46.4 Å².